The van der Waals surface area contributed by atoms with Crippen LogP contribution in [0.4, 0.5) is 0 Å². The SMILES string of the molecule is CC1=C(c2ccncc2)SCC(=O)N1C. The monoisotopic (exact) mass is 220 g/mol. The minimum absolute atomic E-state index is 0.162. The number of hydrogen-bond acceptors (Lipinski definition) is 3. The van der Waals surface area contributed by atoms with Crippen molar-refractivity contribution in [1.29, 1.82) is 0 Å². The number of amides is 1. The van der Waals surface area contributed by atoms with Crippen LogP contribution < -0.4 is 0 Å². The van der Waals surface area contributed by atoms with Crippen molar-refractivity contribution < 1.29 is 4.79 Å². The Morgan fingerprint density at radius 1 is 1.40 bits per heavy atom. The topological polar surface area (TPSA) is 33.2 Å². The van der Waals surface area contributed by atoms with E-state index in [0.717, 1.165) is 11.3 Å². The van der Waals surface area contributed by atoms with E-state index < -0.39 is 0 Å². The highest BCUT2D eigenvalue weighted by Gasteiger charge is 2.21. The van der Waals surface area contributed by atoms with E-state index in [9.17, 15) is 4.79 Å². The molecule has 78 valence electrons. The van der Waals surface area contributed by atoms with Crippen LogP contribution in [-0.2, 0) is 4.79 Å². The number of allylic oxidation sites excluding steroid dienone is 1. The summed E-state index contributed by atoms with van der Waals surface area (Å²) in [6.07, 6.45) is 3.54. The van der Waals surface area contributed by atoms with Crippen molar-refractivity contribution in [3.8, 4) is 0 Å². The fraction of sp³-hybridized carbons (Fsp3) is 0.273. The van der Waals surface area contributed by atoms with E-state index in [0.29, 0.717) is 5.75 Å². The molecule has 0 aromatic carbocycles. The molecule has 1 aliphatic heterocycles. The van der Waals surface area contributed by atoms with Crippen LogP contribution in [0.1, 0.15) is 12.5 Å². The molecule has 2 rings (SSSR count). The van der Waals surface area contributed by atoms with E-state index >= 15 is 0 Å². The van der Waals surface area contributed by atoms with Gasteiger partial charge in [0.1, 0.15) is 0 Å². The summed E-state index contributed by atoms with van der Waals surface area (Å²) in [5.74, 6) is 0.682. The first kappa shape index (κ1) is 10.2. The van der Waals surface area contributed by atoms with Crippen LogP contribution in [0.15, 0.2) is 30.2 Å². The highest BCUT2D eigenvalue weighted by atomic mass is 32.2. The number of pyridine rings is 1. The summed E-state index contributed by atoms with van der Waals surface area (Å²) in [7, 11) is 1.82. The summed E-state index contributed by atoms with van der Waals surface area (Å²) in [4.78, 5) is 18.3. The van der Waals surface area contributed by atoms with Crippen molar-refractivity contribution in [2.24, 2.45) is 0 Å². The number of carbonyl (C=O) groups is 1. The van der Waals surface area contributed by atoms with Gasteiger partial charge in [-0.3, -0.25) is 9.78 Å². The van der Waals surface area contributed by atoms with E-state index in [1.54, 1.807) is 29.1 Å². The predicted molar refractivity (Wildman–Crippen MR) is 62.1 cm³/mol. The van der Waals surface area contributed by atoms with Gasteiger partial charge in [0.25, 0.3) is 0 Å². The quantitative estimate of drug-likeness (QED) is 0.725. The van der Waals surface area contributed by atoms with Crippen LogP contribution in [0.2, 0.25) is 0 Å². The molecular formula is C11H12N2OS. The highest BCUT2D eigenvalue weighted by molar-refractivity contribution is 8.09. The molecule has 0 radical (unpaired) electrons. The van der Waals surface area contributed by atoms with Gasteiger partial charge in [0.15, 0.2) is 0 Å². The Bertz CT molecular complexity index is 414. The molecule has 0 spiro atoms. The van der Waals surface area contributed by atoms with Crippen molar-refractivity contribution in [3.63, 3.8) is 0 Å². The first-order valence-electron chi connectivity index (χ1n) is 4.71. The Balaban J connectivity index is 2.42. The van der Waals surface area contributed by atoms with Crippen molar-refractivity contribution >= 4 is 22.6 Å². The lowest BCUT2D eigenvalue weighted by atomic mass is 10.2. The van der Waals surface area contributed by atoms with Crippen LogP contribution in [0.25, 0.3) is 4.91 Å². The third-order valence-corrected chi connectivity index (χ3v) is 3.70. The predicted octanol–water partition coefficient (Wildman–Crippen LogP) is 1.98. The van der Waals surface area contributed by atoms with Crippen LogP contribution in [0.3, 0.4) is 0 Å². The van der Waals surface area contributed by atoms with Gasteiger partial charge >= 0.3 is 0 Å². The number of hydrogen-bond donors (Lipinski definition) is 0. The maximum Gasteiger partial charge on any atom is 0.236 e. The Morgan fingerprint density at radius 3 is 2.73 bits per heavy atom. The molecule has 0 bridgehead atoms. The highest BCUT2D eigenvalue weighted by Crippen LogP contribution is 2.35. The second kappa shape index (κ2) is 4.06. The standard InChI is InChI=1S/C11H12N2OS/c1-8-11(9-3-5-12-6-4-9)15-7-10(14)13(8)2/h3-6H,7H2,1-2H3. The molecule has 4 heteroatoms. The van der Waals surface area contributed by atoms with Gasteiger partial charge < -0.3 is 4.90 Å². The smallest absolute Gasteiger partial charge is 0.236 e. The second-order valence-electron chi connectivity index (χ2n) is 3.39. The van der Waals surface area contributed by atoms with Gasteiger partial charge in [-0.15, -0.1) is 11.8 Å². The lowest BCUT2D eigenvalue weighted by Crippen LogP contribution is -2.30. The lowest BCUT2D eigenvalue weighted by Gasteiger charge is -2.26. The lowest BCUT2D eigenvalue weighted by molar-refractivity contribution is -0.125. The van der Waals surface area contributed by atoms with E-state index in [2.05, 4.69) is 4.98 Å². The molecule has 1 aliphatic rings. The molecule has 3 nitrogen and oxygen atoms in total. The van der Waals surface area contributed by atoms with E-state index in [-0.39, 0.29) is 5.91 Å². The average molecular weight is 220 g/mol. The number of nitrogens with zero attached hydrogens (tertiary/aromatic N) is 2. The van der Waals surface area contributed by atoms with E-state index in [1.807, 2.05) is 26.1 Å². The third-order valence-electron chi connectivity index (χ3n) is 2.49. The summed E-state index contributed by atoms with van der Waals surface area (Å²) in [6, 6.07) is 3.94. The molecule has 0 N–H and O–H groups in total. The minimum Gasteiger partial charge on any atom is -0.318 e. The minimum atomic E-state index is 0.162. The van der Waals surface area contributed by atoms with E-state index in [4.69, 9.17) is 0 Å². The molecule has 0 fully saturated rings. The van der Waals surface area contributed by atoms with Gasteiger partial charge in [-0.05, 0) is 24.6 Å². The first-order valence-corrected chi connectivity index (χ1v) is 5.69. The normalized spacial score (nSPS) is 17.2. The Hall–Kier alpha value is -1.29. The molecule has 0 saturated carbocycles. The zero-order chi connectivity index (χ0) is 10.8. The molecule has 1 amide bonds. The Morgan fingerprint density at radius 2 is 2.07 bits per heavy atom. The Labute approximate surface area is 93.2 Å². The van der Waals surface area contributed by atoms with Crippen LogP contribution in [0, 0.1) is 0 Å². The maximum absolute atomic E-state index is 11.4. The van der Waals surface area contributed by atoms with E-state index in [1.165, 1.54) is 4.91 Å². The maximum atomic E-state index is 11.4. The summed E-state index contributed by atoms with van der Waals surface area (Å²) in [5.41, 5.74) is 2.15. The molecule has 15 heavy (non-hydrogen) atoms. The fourth-order valence-electron chi connectivity index (χ4n) is 1.47. The molecule has 0 atom stereocenters. The van der Waals surface area contributed by atoms with Crippen molar-refractivity contribution in [3.05, 3.63) is 35.8 Å². The first-order chi connectivity index (χ1) is 7.20. The molecule has 2 heterocycles. The van der Waals surface area contributed by atoms with Gasteiger partial charge in [0.05, 0.1) is 5.75 Å². The van der Waals surface area contributed by atoms with Crippen LogP contribution in [-0.4, -0.2) is 28.6 Å². The number of thioether (sulfide) groups is 1. The third kappa shape index (κ3) is 1.90. The summed E-state index contributed by atoms with van der Waals surface area (Å²) < 4.78 is 0. The molecular weight excluding hydrogens is 208 g/mol. The Kier molecular flexibility index (Phi) is 2.77. The summed E-state index contributed by atoms with van der Waals surface area (Å²) in [5, 5.41) is 0. The number of aromatic nitrogens is 1. The van der Waals surface area contributed by atoms with Gasteiger partial charge in [0, 0.05) is 30.0 Å². The molecule has 0 unspecified atom stereocenters. The summed E-state index contributed by atoms with van der Waals surface area (Å²) >= 11 is 1.60. The average Bonchev–Trinajstić information content (AvgIpc) is 2.27. The fourth-order valence-corrected chi connectivity index (χ4v) is 2.58. The summed E-state index contributed by atoms with van der Waals surface area (Å²) in [6.45, 7) is 1.97. The van der Waals surface area contributed by atoms with Gasteiger partial charge in [-0.1, -0.05) is 0 Å². The van der Waals surface area contributed by atoms with Crippen molar-refractivity contribution in [2.45, 2.75) is 6.92 Å². The molecule has 0 saturated heterocycles. The molecule has 1 aromatic heterocycles. The van der Waals surface area contributed by atoms with Gasteiger partial charge in [-0.2, -0.15) is 0 Å². The van der Waals surface area contributed by atoms with Crippen molar-refractivity contribution in [2.75, 3.05) is 12.8 Å². The van der Waals surface area contributed by atoms with Crippen molar-refractivity contribution in [1.82, 2.24) is 9.88 Å². The zero-order valence-corrected chi connectivity index (χ0v) is 9.54. The molecule has 0 aliphatic carbocycles. The zero-order valence-electron chi connectivity index (χ0n) is 8.73. The van der Waals surface area contributed by atoms with Crippen LogP contribution >= 0.6 is 11.8 Å². The largest absolute Gasteiger partial charge is 0.318 e. The number of carbonyl (C=O) groups excluding carboxylic acids is 1. The van der Waals surface area contributed by atoms with Gasteiger partial charge in [-0.25, -0.2) is 0 Å². The number of rotatable bonds is 1. The van der Waals surface area contributed by atoms with Crippen LogP contribution in [0.5, 0.6) is 0 Å². The molecule has 1 aromatic rings. The van der Waals surface area contributed by atoms with Gasteiger partial charge in [0.2, 0.25) is 5.91 Å². The second-order valence-corrected chi connectivity index (χ2v) is 4.38.